The predicted molar refractivity (Wildman–Crippen MR) is 135 cm³/mol. The first-order valence-corrected chi connectivity index (χ1v) is 13.7. The number of sulfone groups is 1. The smallest absolute Gasteiger partial charge is 0.195 e. The van der Waals surface area contributed by atoms with Gasteiger partial charge in [-0.05, 0) is 62.2 Å². The van der Waals surface area contributed by atoms with Crippen molar-refractivity contribution in [1.29, 1.82) is 0 Å². The first-order valence-electron chi connectivity index (χ1n) is 11.0. The zero-order chi connectivity index (χ0) is 24.0. The molecule has 3 aromatic carbocycles. The van der Waals surface area contributed by atoms with E-state index in [4.69, 9.17) is 4.74 Å². The van der Waals surface area contributed by atoms with Gasteiger partial charge in [-0.25, -0.2) is 8.42 Å². The third-order valence-corrected chi connectivity index (χ3v) is 7.84. The molecule has 0 amide bonds. The van der Waals surface area contributed by atoms with Crippen molar-refractivity contribution in [1.82, 2.24) is 14.8 Å². The summed E-state index contributed by atoms with van der Waals surface area (Å²) in [6, 6.07) is 24.5. The molecule has 6 nitrogen and oxygen atoms in total. The van der Waals surface area contributed by atoms with E-state index in [1.807, 2.05) is 73.0 Å². The summed E-state index contributed by atoms with van der Waals surface area (Å²) in [5.74, 6) is 1.79. The molecule has 4 aromatic rings. The summed E-state index contributed by atoms with van der Waals surface area (Å²) in [5, 5.41) is 9.24. The van der Waals surface area contributed by atoms with Gasteiger partial charge >= 0.3 is 0 Å². The van der Waals surface area contributed by atoms with Crippen LogP contribution in [0, 0.1) is 13.8 Å². The van der Waals surface area contributed by atoms with Gasteiger partial charge in [0.05, 0.1) is 11.5 Å². The number of hydrogen-bond donors (Lipinski definition) is 0. The Morgan fingerprint density at radius 1 is 0.882 bits per heavy atom. The molecule has 1 heterocycles. The molecule has 8 heteroatoms. The second-order valence-corrected chi connectivity index (χ2v) is 11.1. The van der Waals surface area contributed by atoms with Gasteiger partial charge in [0.15, 0.2) is 20.8 Å². The zero-order valence-corrected chi connectivity index (χ0v) is 20.8. The van der Waals surface area contributed by atoms with Gasteiger partial charge in [0.2, 0.25) is 0 Å². The third kappa shape index (κ3) is 6.07. The summed E-state index contributed by atoms with van der Waals surface area (Å²) < 4.78 is 33.8. The van der Waals surface area contributed by atoms with Crippen LogP contribution in [0.3, 0.4) is 0 Å². The van der Waals surface area contributed by atoms with Crippen LogP contribution in [-0.4, -0.2) is 35.5 Å². The molecule has 0 saturated heterocycles. The Balaban J connectivity index is 1.48. The molecule has 0 saturated carbocycles. The number of benzene rings is 3. The molecule has 4 rings (SSSR count). The minimum absolute atomic E-state index is 0.227. The summed E-state index contributed by atoms with van der Waals surface area (Å²) in [6.45, 7) is 4.55. The van der Waals surface area contributed by atoms with Crippen molar-refractivity contribution >= 4 is 21.6 Å². The highest BCUT2D eigenvalue weighted by Gasteiger charge is 2.22. The molecule has 0 unspecified atom stereocenters. The number of aromatic nitrogens is 3. The van der Waals surface area contributed by atoms with Crippen molar-refractivity contribution < 1.29 is 13.2 Å². The normalized spacial score (nSPS) is 11.5. The molecule has 176 valence electrons. The second-order valence-electron chi connectivity index (χ2n) is 8.01. The van der Waals surface area contributed by atoms with Crippen LogP contribution in [0.25, 0.3) is 5.69 Å². The van der Waals surface area contributed by atoms with E-state index >= 15 is 0 Å². The van der Waals surface area contributed by atoms with Crippen molar-refractivity contribution in [2.75, 3.05) is 12.4 Å². The highest BCUT2D eigenvalue weighted by atomic mass is 32.2. The van der Waals surface area contributed by atoms with Gasteiger partial charge in [0, 0.05) is 11.4 Å². The zero-order valence-electron chi connectivity index (χ0n) is 19.2. The average Bonchev–Trinajstić information content (AvgIpc) is 3.21. The number of hydrogen-bond acceptors (Lipinski definition) is 6. The molecule has 34 heavy (non-hydrogen) atoms. The van der Waals surface area contributed by atoms with E-state index in [9.17, 15) is 8.42 Å². The van der Waals surface area contributed by atoms with Crippen LogP contribution in [0.4, 0.5) is 0 Å². The number of rotatable bonds is 10. The summed E-state index contributed by atoms with van der Waals surface area (Å²) in [6.07, 6.45) is 0.817. The summed E-state index contributed by atoms with van der Waals surface area (Å²) in [7, 11) is -3.56. The van der Waals surface area contributed by atoms with Crippen molar-refractivity contribution in [2.24, 2.45) is 0 Å². The number of ether oxygens (including phenoxy) is 1. The lowest BCUT2D eigenvalue weighted by Crippen LogP contribution is -2.11. The number of nitrogens with zero attached hydrogens (tertiary/aromatic N) is 3. The van der Waals surface area contributed by atoms with Crippen molar-refractivity contribution in [3.8, 4) is 11.4 Å². The van der Waals surface area contributed by atoms with Crippen LogP contribution in [0.1, 0.15) is 23.4 Å². The van der Waals surface area contributed by atoms with E-state index in [0.717, 1.165) is 34.7 Å². The number of para-hydroxylation sites is 1. The SMILES string of the molecule is Cc1ccc(S(=O)(=O)Cc2nnc(SCCCOc3cccc(C)c3)n2-c2ccccc2)cc1. The fraction of sp³-hybridized carbons (Fsp3) is 0.231. The maximum Gasteiger partial charge on any atom is 0.195 e. The van der Waals surface area contributed by atoms with Crippen molar-refractivity contribution in [3.63, 3.8) is 0 Å². The predicted octanol–water partition coefficient (Wildman–Crippen LogP) is 5.42. The second kappa shape index (κ2) is 10.9. The van der Waals surface area contributed by atoms with Gasteiger partial charge in [0.1, 0.15) is 11.5 Å². The van der Waals surface area contributed by atoms with Gasteiger partial charge in [-0.1, -0.05) is 59.8 Å². The molecule has 1 aromatic heterocycles. The third-order valence-electron chi connectivity index (χ3n) is 5.19. The van der Waals surface area contributed by atoms with E-state index in [-0.39, 0.29) is 10.6 Å². The molecule has 0 fully saturated rings. The van der Waals surface area contributed by atoms with Gasteiger partial charge in [-0.2, -0.15) is 0 Å². The Hall–Kier alpha value is -3.10. The van der Waals surface area contributed by atoms with Crippen LogP contribution < -0.4 is 4.74 Å². The average molecular weight is 494 g/mol. The summed E-state index contributed by atoms with van der Waals surface area (Å²) in [5.41, 5.74) is 3.01. The fourth-order valence-electron chi connectivity index (χ4n) is 3.44. The van der Waals surface area contributed by atoms with Gasteiger partial charge < -0.3 is 4.74 Å². The van der Waals surface area contributed by atoms with E-state index in [2.05, 4.69) is 10.2 Å². The lowest BCUT2D eigenvalue weighted by Gasteiger charge is -2.11. The van der Waals surface area contributed by atoms with Crippen LogP contribution in [0.15, 0.2) is 88.9 Å². The van der Waals surface area contributed by atoms with Crippen molar-refractivity contribution in [2.45, 2.75) is 36.1 Å². The molecule has 0 atom stereocenters. The van der Waals surface area contributed by atoms with E-state index < -0.39 is 9.84 Å². The largest absolute Gasteiger partial charge is 0.494 e. The Morgan fingerprint density at radius 2 is 1.65 bits per heavy atom. The molecular weight excluding hydrogens is 466 g/mol. The number of aryl methyl sites for hydroxylation is 2. The Labute approximate surface area is 204 Å². The van der Waals surface area contributed by atoms with Crippen LogP contribution in [0.5, 0.6) is 5.75 Å². The molecular formula is C26H27N3O3S2. The fourth-order valence-corrected chi connectivity index (χ4v) is 5.57. The first-order chi connectivity index (χ1) is 16.4. The topological polar surface area (TPSA) is 74.1 Å². The first kappa shape index (κ1) is 24.0. The Bertz CT molecular complexity index is 1340. The molecule has 0 bridgehead atoms. The standard InChI is InChI=1S/C26H27N3O3S2/c1-20-12-14-24(15-13-20)34(30,31)19-25-27-28-26(29(25)22-9-4-3-5-10-22)33-17-7-16-32-23-11-6-8-21(2)18-23/h3-6,8-15,18H,7,16-17,19H2,1-2H3. The number of thioether (sulfide) groups is 1. The molecule has 0 aliphatic rings. The van der Waals surface area contributed by atoms with Gasteiger partial charge in [0.25, 0.3) is 0 Å². The Kier molecular flexibility index (Phi) is 7.70. The molecule has 0 aliphatic carbocycles. The quantitative estimate of drug-likeness (QED) is 0.217. The maximum absolute atomic E-state index is 13.1. The molecule has 0 N–H and O–H groups in total. The minimum atomic E-state index is -3.56. The van der Waals surface area contributed by atoms with Gasteiger partial charge in [-0.15, -0.1) is 10.2 Å². The molecule has 0 aliphatic heterocycles. The van der Waals surface area contributed by atoms with E-state index in [0.29, 0.717) is 17.6 Å². The van der Waals surface area contributed by atoms with E-state index in [1.165, 1.54) is 11.8 Å². The minimum Gasteiger partial charge on any atom is -0.494 e. The van der Waals surface area contributed by atoms with Crippen LogP contribution in [-0.2, 0) is 15.6 Å². The lowest BCUT2D eigenvalue weighted by molar-refractivity contribution is 0.318. The molecule has 0 spiro atoms. The summed E-state index contributed by atoms with van der Waals surface area (Å²) in [4.78, 5) is 0.281. The molecule has 0 radical (unpaired) electrons. The summed E-state index contributed by atoms with van der Waals surface area (Å²) >= 11 is 1.54. The highest BCUT2D eigenvalue weighted by Crippen LogP contribution is 2.25. The highest BCUT2D eigenvalue weighted by molar-refractivity contribution is 7.99. The van der Waals surface area contributed by atoms with E-state index in [1.54, 1.807) is 24.3 Å². The maximum atomic E-state index is 13.1. The van der Waals surface area contributed by atoms with Gasteiger partial charge in [-0.3, -0.25) is 4.57 Å². The lowest BCUT2D eigenvalue weighted by atomic mass is 10.2. The monoisotopic (exact) mass is 493 g/mol. The van der Waals surface area contributed by atoms with Crippen LogP contribution >= 0.6 is 11.8 Å². The van der Waals surface area contributed by atoms with Crippen molar-refractivity contribution in [3.05, 3.63) is 95.8 Å². The van der Waals surface area contributed by atoms with Crippen LogP contribution in [0.2, 0.25) is 0 Å². The Morgan fingerprint density at radius 3 is 2.38 bits per heavy atom.